The SMILES string of the molecule is CC(C)CCCO.CC(Sc1nc(N)c2sc(N)nc2n1)c1ccc(Cl)cn1. The summed E-state index contributed by atoms with van der Waals surface area (Å²) in [6.07, 6.45) is 3.72. The number of nitrogen functional groups attached to an aromatic ring is 2. The van der Waals surface area contributed by atoms with E-state index in [1.54, 1.807) is 12.3 Å². The lowest BCUT2D eigenvalue weighted by Gasteiger charge is -2.09. The third kappa shape index (κ3) is 6.73. The first-order chi connectivity index (χ1) is 13.3. The minimum Gasteiger partial charge on any atom is -0.396 e. The third-order valence-corrected chi connectivity index (χ3v) is 5.77. The Kier molecular flexibility index (Phi) is 8.68. The van der Waals surface area contributed by atoms with Gasteiger partial charge in [-0.3, -0.25) is 4.98 Å². The molecule has 0 aromatic carbocycles. The number of anilines is 2. The molecule has 0 aliphatic carbocycles. The first-order valence-electron chi connectivity index (χ1n) is 8.88. The second-order valence-corrected chi connectivity index (χ2v) is 9.29. The van der Waals surface area contributed by atoms with Crippen molar-refractivity contribution in [2.75, 3.05) is 18.1 Å². The molecular weight excluding hydrogens is 416 g/mol. The van der Waals surface area contributed by atoms with E-state index in [4.69, 9.17) is 28.2 Å². The normalized spacial score (nSPS) is 12.1. The molecule has 3 rings (SSSR count). The molecule has 3 aromatic heterocycles. The van der Waals surface area contributed by atoms with Crippen LogP contribution in [0.2, 0.25) is 5.02 Å². The van der Waals surface area contributed by atoms with Crippen molar-refractivity contribution in [3.8, 4) is 0 Å². The van der Waals surface area contributed by atoms with E-state index in [0.717, 1.165) is 24.5 Å². The predicted octanol–water partition coefficient (Wildman–Crippen LogP) is 4.57. The molecule has 3 heterocycles. The van der Waals surface area contributed by atoms with Gasteiger partial charge in [-0.25, -0.2) is 15.0 Å². The number of fused-ring (bicyclic) bond motifs is 1. The number of aromatic nitrogens is 4. The van der Waals surface area contributed by atoms with Crippen molar-refractivity contribution in [2.45, 2.75) is 44.0 Å². The molecule has 7 nitrogen and oxygen atoms in total. The molecule has 0 fully saturated rings. The quantitative estimate of drug-likeness (QED) is 0.376. The van der Waals surface area contributed by atoms with E-state index in [0.29, 0.717) is 38.1 Å². The van der Waals surface area contributed by atoms with Crippen molar-refractivity contribution in [2.24, 2.45) is 5.92 Å². The van der Waals surface area contributed by atoms with Crippen molar-refractivity contribution < 1.29 is 5.11 Å². The molecular formula is C18H25ClN6OS2. The van der Waals surface area contributed by atoms with Crippen molar-refractivity contribution >= 4 is 56.0 Å². The fourth-order valence-electron chi connectivity index (χ4n) is 2.24. The molecule has 0 aliphatic heterocycles. The highest BCUT2D eigenvalue weighted by atomic mass is 35.5. The molecule has 0 saturated carbocycles. The molecule has 1 atom stereocenters. The second kappa shape index (κ2) is 10.8. The largest absolute Gasteiger partial charge is 0.396 e. The minimum atomic E-state index is 0.0649. The zero-order valence-corrected chi connectivity index (χ0v) is 18.5. The second-order valence-electron chi connectivity index (χ2n) is 6.52. The summed E-state index contributed by atoms with van der Waals surface area (Å²) in [6.45, 7) is 6.68. The molecule has 0 amide bonds. The van der Waals surface area contributed by atoms with Crippen LogP contribution in [0.4, 0.5) is 10.9 Å². The van der Waals surface area contributed by atoms with Crippen LogP contribution in [0.5, 0.6) is 0 Å². The summed E-state index contributed by atoms with van der Waals surface area (Å²) in [5.41, 5.74) is 13.0. The average Bonchev–Trinajstić information content (AvgIpc) is 3.02. The maximum atomic E-state index is 8.32. The van der Waals surface area contributed by atoms with Crippen LogP contribution in [0.25, 0.3) is 10.3 Å². The summed E-state index contributed by atoms with van der Waals surface area (Å²) in [5.74, 6) is 1.14. The van der Waals surface area contributed by atoms with E-state index < -0.39 is 0 Å². The van der Waals surface area contributed by atoms with Gasteiger partial charge in [-0.05, 0) is 37.8 Å². The van der Waals surface area contributed by atoms with Gasteiger partial charge in [-0.15, -0.1) is 0 Å². The predicted molar refractivity (Wildman–Crippen MR) is 119 cm³/mol. The first-order valence-corrected chi connectivity index (χ1v) is 11.0. The number of aliphatic hydroxyl groups is 1. The fraction of sp³-hybridized carbons (Fsp3) is 0.444. The van der Waals surface area contributed by atoms with Crippen LogP contribution in [0.3, 0.4) is 0 Å². The molecule has 3 aromatic rings. The zero-order chi connectivity index (χ0) is 20.7. The molecule has 28 heavy (non-hydrogen) atoms. The number of nitrogens with zero attached hydrogens (tertiary/aromatic N) is 4. The number of hydrogen-bond donors (Lipinski definition) is 3. The molecule has 10 heteroatoms. The van der Waals surface area contributed by atoms with Gasteiger partial charge in [0.05, 0.1) is 16.0 Å². The van der Waals surface area contributed by atoms with E-state index in [9.17, 15) is 0 Å². The number of thiazole rings is 1. The molecule has 0 radical (unpaired) electrons. The van der Waals surface area contributed by atoms with Gasteiger partial charge in [-0.1, -0.05) is 48.5 Å². The highest BCUT2D eigenvalue weighted by Gasteiger charge is 2.15. The molecule has 0 bridgehead atoms. The monoisotopic (exact) mass is 440 g/mol. The fourth-order valence-corrected chi connectivity index (χ4v) is 3.89. The molecule has 152 valence electrons. The Morgan fingerprint density at radius 3 is 2.50 bits per heavy atom. The van der Waals surface area contributed by atoms with Gasteiger partial charge >= 0.3 is 0 Å². The van der Waals surface area contributed by atoms with Gasteiger partial charge in [0.1, 0.15) is 10.5 Å². The van der Waals surface area contributed by atoms with Gasteiger partial charge in [0, 0.05) is 12.8 Å². The van der Waals surface area contributed by atoms with E-state index in [1.807, 2.05) is 13.0 Å². The van der Waals surface area contributed by atoms with Gasteiger partial charge in [-0.2, -0.15) is 0 Å². The Hall–Kier alpha value is -1.68. The van der Waals surface area contributed by atoms with Crippen LogP contribution in [0.1, 0.15) is 44.6 Å². The number of rotatable bonds is 6. The molecule has 0 aliphatic rings. The highest BCUT2D eigenvalue weighted by Crippen LogP contribution is 2.35. The summed E-state index contributed by atoms with van der Waals surface area (Å²) in [5, 5.41) is 9.97. The number of hydrogen-bond acceptors (Lipinski definition) is 9. The molecule has 1 unspecified atom stereocenters. The first kappa shape index (κ1) is 22.6. The lowest BCUT2D eigenvalue weighted by Crippen LogP contribution is -1.98. The maximum absolute atomic E-state index is 8.32. The standard InChI is InChI=1S/C12H11ClN6S2.C6H14O/c1-5(7-3-2-6(13)4-16-7)20-12-17-9(14)8-10(19-12)18-11(15)21-8;1-6(2)4-3-5-7/h2-5H,1H3,(H4,14,15,17,18,19);6-7H,3-5H2,1-2H3. The summed E-state index contributed by atoms with van der Waals surface area (Å²) < 4.78 is 0.717. The van der Waals surface area contributed by atoms with Crippen molar-refractivity contribution in [1.82, 2.24) is 19.9 Å². The van der Waals surface area contributed by atoms with Crippen LogP contribution in [-0.4, -0.2) is 31.6 Å². The number of halogens is 1. The van der Waals surface area contributed by atoms with Crippen LogP contribution >= 0.6 is 34.7 Å². The van der Waals surface area contributed by atoms with Crippen molar-refractivity contribution in [3.05, 3.63) is 29.0 Å². The summed E-state index contributed by atoms with van der Waals surface area (Å²) in [4.78, 5) is 17.1. The van der Waals surface area contributed by atoms with Crippen molar-refractivity contribution in [1.29, 1.82) is 0 Å². The lowest BCUT2D eigenvalue weighted by atomic mass is 10.1. The Labute approximate surface area is 178 Å². The van der Waals surface area contributed by atoms with E-state index in [1.165, 1.54) is 23.1 Å². The average molecular weight is 441 g/mol. The topological polar surface area (TPSA) is 124 Å². The number of nitrogens with two attached hydrogens (primary N) is 2. The Balaban J connectivity index is 0.000000345. The van der Waals surface area contributed by atoms with E-state index >= 15 is 0 Å². The maximum Gasteiger partial charge on any atom is 0.192 e. The van der Waals surface area contributed by atoms with Gasteiger partial charge < -0.3 is 16.6 Å². The van der Waals surface area contributed by atoms with Crippen LogP contribution in [0, 0.1) is 5.92 Å². The molecule has 0 spiro atoms. The van der Waals surface area contributed by atoms with Gasteiger partial charge in [0.25, 0.3) is 0 Å². The van der Waals surface area contributed by atoms with Crippen LogP contribution in [-0.2, 0) is 0 Å². The molecule has 5 N–H and O–H groups in total. The summed E-state index contributed by atoms with van der Waals surface area (Å²) >= 11 is 8.58. The van der Waals surface area contributed by atoms with E-state index in [2.05, 4.69) is 33.8 Å². The van der Waals surface area contributed by atoms with Crippen LogP contribution < -0.4 is 11.5 Å². The van der Waals surface area contributed by atoms with Gasteiger partial charge in [0.2, 0.25) is 0 Å². The Morgan fingerprint density at radius 1 is 1.18 bits per heavy atom. The Morgan fingerprint density at radius 2 is 1.93 bits per heavy atom. The van der Waals surface area contributed by atoms with Crippen molar-refractivity contribution in [3.63, 3.8) is 0 Å². The summed E-state index contributed by atoms with van der Waals surface area (Å²) in [7, 11) is 0. The van der Waals surface area contributed by atoms with Gasteiger partial charge in [0.15, 0.2) is 15.9 Å². The minimum absolute atomic E-state index is 0.0649. The third-order valence-electron chi connectivity index (χ3n) is 3.66. The number of aliphatic hydroxyl groups excluding tert-OH is 1. The zero-order valence-electron chi connectivity index (χ0n) is 16.1. The lowest BCUT2D eigenvalue weighted by molar-refractivity contribution is 0.276. The van der Waals surface area contributed by atoms with Crippen LogP contribution in [0.15, 0.2) is 23.5 Å². The summed E-state index contributed by atoms with van der Waals surface area (Å²) in [6, 6.07) is 3.68. The smallest absolute Gasteiger partial charge is 0.192 e. The van der Waals surface area contributed by atoms with E-state index in [-0.39, 0.29) is 5.25 Å². The Bertz CT molecular complexity index is 888. The molecule has 0 saturated heterocycles. The highest BCUT2D eigenvalue weighted by molar-refractivity contribution is 7.99. The number of thioether (sulfide) groups is 1. The number of pyridine rings is 1.